The number of carbonyl (C=O) groups excluding carboxylic acids is 7. The van der Waals surface area contributed by atoms with Crippen LogP contribution >= 0.6 is 0 Å². The lowest BCUT2D eigenvalue weighted by molar-refractivity contribution is -0.180. The molecule has 0 N–H and O–H groups in total. The first kappa shape index (κ1) is 81.9. The molecule has 7 nitrogen and oxygen atoms in total. The maximum Gasteiger partial charge on any atom is 0.222 e. The normalized spacial score (nSPS) is 12.4. The molecule has 0 aliphatic carbocycles. The quantitative estimate of drug-likeness (QED) is 0.0338. The topological polar surface area (TPSA) is 119 Å². The zero-order valence-electron chi connectivity index (χ0n) is 57.2. The van der Waals surface area contributed by atoms with E-state index in [1.54, 1.807) is 0 Å². The molecule has 0 bridgehead atoms. The Bertz CT molecular complexity index is 1680. The van der Waals surface area contributed by atoms with Gasteiger partial charge in [0, 0.05) is 38.5 Å². The molecule has 0 aromatic heterocycles. The van der Waals surface area contributed by atoms with E-state index in [0.717, 1.165) is 225 Å². The van der Waals surface area contributed by atoms with Crippen molar-refractivity contribution < 1.29 is 33.6 Å². The summed E-state index contributed by atoms with van der Waals surface area (Å²) in [4.78, 5) is 115. The van der Waals surface area contributed by atoms with Gasteiger partial charge in [-0.05, 0) is 77.0 Å². The van der Waals surface area contributed by atoms with E-state index in [9.17, 15) is 0 Å². The number of hydrogen-bond donors (Lipinski definition) is 0. The van der Waals surface area contributed by atoms with Crippen molar-refractivity contribution in [2.45, 2.75) is 402 Å². The Morgan fingerprint density at radius 1 is 0.271 bits per heavy atom. The average Bonchev–Trinajstić information content (AvgIpc) is 0.709. The Hall–Kier alpha value is -3.09. The molecule has 0 fully saturated rings. The van der Waals surface area contributed by atoms with Crippen molar-refractivity contribution in [1.82, 2.24) is 0 Å². The summed E-state index contributed by atoms with van der Waals surface area (Å²) in [5.74, 6) is -4.00. The highest BCUT2D eigenvalue weighted by atomic mass is 16.2. The molecule has 491 valence electrons. The van der Waals surface area contributed by atoms with Gasteiger partial charge in [0.15, 0.2) is 17.0 Å². The second-order valence-corrected chi connectivity index (χ2v) is 25.8. The van der Waals surface area contributed by atoms with E-state index in [1.807, 2.05) is 0 Å². The van der Waals surface area contributed by atoms with Crippen molar-refractivity contribution in [3.8, 4) is 0 Å². The molecule has 0 spiro atoms. The summed E-state index contributed by atoms with van der Waals surface area (Å²) in [5, 5.41) is 0. The van der Waals surface area contributed by atoms with E-state index in [2.05, 4.69) is 91.2 Å². The summed E-state index contributed by atoms with van der Waals surface area (Å²) >= 11 is 0. The lowest BCUT2D eigenvalue weighted by Crippen LogP contribution is -2.72. The van der Waals surface area contributed by atoms with E-state index in [1.165, 1.54) is 0 Å². The monoisotopic (exact) mass is 1190 g/mol. The van der Waals surface area contributed by atoms with Crippen molar-refractivity contribution in [2.75, 3.05) is 0 Å². The molecule has 0 aromatic carbocycles. The summed E-state index contributed by atoms with van der Waals surface area (Å²) < 4.78 is 0. The van der Waals surface area contributed by atoms with Gasteiger partial charge in [-0.25, -0.2) is 0 Å². The fraction of sp³-hybridized carbons (Fsp3) is 0.833. The number of hydrogen-bond acceptors (Lipinski definition) is 7. The Labute approximate surface area is 526 Å². The number of Topliss-reactive ketones (excluding diaryl/α,β-unsaturated/α-hetero) is 6. The van der Waals surface area contributed by atoms with Crippen LogP contribution in [0, 0.1) is 16.2 Å². The van der Waals surface area contributed by atoms with Crippen molar-refractivity contribution in [2.24, 2.45) is 16.2 Å². The minimum atomic E-state index is -2.95. The average molecular weight is 1190 g/mol. The molecular formula is C78H137O7. The second-order valence-electron chi connectivity index (χ2n) is 25.8. The third-order valence-electron chi connectivity index (χ3n) is 18.5. The minimum absolute atomic E-state index is 0.0692. The molecule has 7 heteroatoms. The Balaban J connectivity index is 9.03. The number of rotatable bonds is 67. The standard InChI is InChI=1S/C78H137O7/c1-8-15-22-29-36-37-38-39-40-47-54-61-68-76(70(80)62-55-48-41-30-23-16-9-2,71(81)63-56-49-42-31-24-17-10-3)78(74(84)66-59-52-45-34-27-20-13-6,75(85)67-60-53-46-35-28-21-14-7)77(69-79,72(82)64-57-50-43-32-25-18-11-4)73(83)65-58-51-44-33-26-19-12-5/h15,22,36-37,39-40H,8-14,16-21,23-35,38,41-68H2,1-7H3/b22-15+,37-36+,40-39+. The zero-order chi connectivity index (χ0) is 62.8. The van der Waals surface area contributed by atoms with Gasteiger partial charge in [-0.3, -0.25) is 33.6 Å². The van der Waals surface area contributed by atoms with Gasteiger partial charge in [-0.15, -0.1) is 0 Å². The van der Waals surface area contributed by atoms with Gasteiger partial charge >= 0.3 is 0 Å². The number of ketones is 6. The Morgan fingerprint density at radius 3 is 0.800 bits per heavy atom. The molecule has 0 amide bonds. The zero-order valence-corrected chi connectivity index (χ0v) is 57.2. The first-order valence-corrected chi connectivity index (χ1v) is 37.1. The van der Waals surface area contributed by atoms with Crippen molar-refractivity contribution in [1.29, 1.82) is 0 Å². The van der Waals surface area contributed by atoms with E-state index in [4.69, 9.17) is 0 Å². The molecule has 0 aliphatic heterocycles. The van der Waals surface area contributed by atoms with Gasteiger partial charge in [0.2, 0.25) is 6.29 Å². The summed E-state index contributed by atoms with van der Waals surface area (Å²) in [6.07, 6.45) is 55.7. The smallest absolute Gasteiger partial charge is 0.222 e. The van der Waals surface area contributed by atoms with Crippen LogP contribution in [0.2, 0.25) is 0 Å². The molecule has 1 radical (unpaired) electrons. The van der Waals surface area contributed by atoms with Gasteiger partial charge in [0.1, 0.15) is 34.0 Å². The molecule has 0 aliphatic rings. The largest absolute Gasteiger partial charge is 0.299 e. The molecule has 0 unspecified atom stereocenters. The number of unbranched alkanes of at least 4 members (excludes halogenated alkanes) is 38. The molecule has 0 saturated carbocycles. The van der Waals surface area contributed by atoms with Crippen molar-refractivity contribution >= 4 is 41.0 Å². The van der Waals surface area contributed by atoms with Crippen molar-refractivity contribution in [3.05, 3.63) is 36.5 Å². The third-order valence-corrected chi connectivity index (χ3v) is 18.5. The molecule has 0 aromatic rings. The van der Waals surface area contributed by atoms with Gasteiger partial charge in [-0.1, -0.05) is 322 Å². The first-order chi connectivity index (χ1) is 41.5. The molecule has 0 heterocycles. The summed E-state index contributed by atoms with van der Waals surface area (Å²) in [6, 6.07) is 0. The first-order valence-electron chi connectivity index (χ1n) is 37.1. The van der Waals surface area contributed by atoms with Crippen molar-refractivity contribution in [3.63, 3.8) is 0 Å². The van der Waals surface area contributed by atoms with Crippen LogP contribution in [0.3, 0.4) is 0 Å². The van der Waals surface area contributed by atoms with Crippen LogP contribution in [0.15, 0.2) is 36.5 Å². The van der Waals surface area contributed by atoms with Crippen LogP contribution in [-0.2, 0) is 33.6 Å². The van der Waals surface area contributed by atoms with E-state index in [-0.39, 0.29) is 44.9 Å². The highest BCUT2D eigenvalue weighted by Crippen LogP contribution is 2.61. The highest BCUT2D eigenvalue weighted by molar-refractivity contribution is 6.33. The summed E-state index contributed by atoms with van der Waals surface area (Å²) in [6.45, 7) is 15.2. The van der Waals surface area contributed by atoms with Crippen LogP contribution in [-0.4, -0.2) is 41.0 Å². The van der Waals surface area contributed by atoms with Crippen LogP contribution in [0.5, 0.6) is 0 Å². The number of carbonyl (C=O) groups is 6. The van der Waals surface area contributed by atoms with Gasteiger partial charge in [0.05, 0.1) is 0 Å². The molecule has 0 rings (SSSR count). The lowest BCUT2D eigenvalue weighted by atomic mass is 9.40. The van der Waals surface area contributed by atoms with Gasteiger partial charge in [-0.2, -0.15) is 0 Å². The fourth-order valence-electron chi connectivity index (χ4n) is 13.3. The van der Waals surface area contributed by atoms with Crippen LogP contribution < -0.4 is 0 Å². The molecule has 0 saturated heterocycles. The second kappa shape index (κ2) is 57.4. The third kappa shape index (κ3) is 33.3. The Kier molecular flexibility index (Phi) is 55.3. The Morgan fingerprint density at radius 2 is 0.518 bits per heavy atom. The SMILES string of the molecule is CC/C=C/C/C=C/C/C=C/CCCCC(C(=O)CCCCCCCCC)(C(=O)CCCCCCCCC)C(C(=O)CCCCCCCCC)(C(=O)CCCCCCCCC)C([C]=O)(C(=O)CCCCCCCCC)C(=O)CCCCCCCCC. The van der Waals surface area contributed by atoms with Gasteiger partial charge in [0.25, 0.3) is 0 Å². The van der Waals surface area contributed by atoms with E-state index >= 15 is 33.6 Å². The maximum absolute atomic E-state index is 16.9. The fourth-order valence-corrected chi connectivity index (χ4v) is 13.3. The molecular weight excluding hydrogens is 1050 g/mol. The number of allylic oxidation sites excluding steroid dienone is 6. The van der Waals surface area contributed by atoms with Gasteiger partial charge < -0.3 is 0 Å². The lowest BCUT2D eigenvalue weighted by Gasteiger charge is -2.53. The van der Waals surface area contributed by atoms with E-state index < -0.39 is 50.9 Å². The predicted molar refractivity (Wildman–Crippen MR) is 364 cm³/mol. The maximum atomic E-state index is 16.9. The highest BCUT2D eigenvalue weighted by Gasteiger charge is 2.78. The molecule has 85 heavy (non-hydrogen) atoms. The van der Waals surface area contributed by atoms with Crippen LogP contribution in [0.25, 0.3) is 0 Å². The van der Waals surface area contributed by atoms with Crippen LogP contribution in [0.4, 0.5) is 0 Å². The predicted octanol–water partition coefficient (Wildman–Crippen LogP) is 23.7. The van der Waals surface area contributed by atoms with E-state index in [0.29, 0.717) is 83.5 Å². The minimum Gasteiger partial charge on any atom is -0.299 e. The van der Waals surface area contributed by atoms with Crippen LogP contribution in [0.1, 0.15) is 402 Å². The summed E-state index contributed by atoms with van der Waals surface area (Å²) in [7, 11) is 0. The summed E-state index contributed by atoms with van der Waals surface area (Å²) in [5.41, 5.74) is -8.21. The molecule has 0 atom stereocenters.